The van der Waals surface area contributed by atoms with Crippen LogP contribution in [0.15, 0.2) is 48.7 Å². The summed E-state index contributed by atoms with van der Waals surface area (Å²) in [5, 5.41) is 0. The van der Waals surface area contributed by atoms with E-state index in [2.05, 4.69) is 45.1 Å². The molecule has 2 fully saturated rings. The maximum Gasteiger partial charge on any atom is 0.272 e. The van der Waals surface area contributed by atoms with Crippen molar-refractivity contribution in [1.82, 2.24) is 14.8 Å². The number of aromatic nitrogens is 1. The van der Waals surface area contributed by atoms with Crippen LogP contribution in [0.2, 0.25) is 0 Å². The fourth-order valence-electron chi connectivity index (χ4n) is 4.14. The molecule has 1 aromatic heterocycles. The third-order valence-electron chi connectivity index (χ3n) is 5.85. The third-order valence-corrected chi connectivity index (χ3v) is 5.85. The zero-order valence-corrected chi connectivity index (χ0v) is 16.6. The Morgan fingerprint density at radius 1 is 0.821 bits per heavy atom. The van der Waals surface area contributed by atoms with Crippen molar-refractivity contribution in [1.29, 1.82) is 0 Å². The maximum absolute atomic E-state index is 12.8. The Hall–Kier alpha value is -2.40. The molecule has 0 radical (unpaired) electrons. The molecule has 5 nitrogen and oxygen atoms in total. The molecule has 0 unspecified atom stereocenters. The van der Waals surface area contributed by atoms with Gasteiger partial charge in [0.25, 0.3) is 5.91 Å². The predicted molar refractivity (Wildman–Crippen MR) is 113 cm³/mol. The van der Waals surface area contributed by atoms with Gasteiger partial charge in [-0.1, -0.05) is 43.2 Å². The highest BCUT2D eigenvalue weighted by Crippen LogP contribution is 2.19. The minimum Gasteiger partial charge on any atom is -0.370 e. The summed E-state index contributed by atoms with van der Waals surface area (Å²) >= 11 is 0. The minimum absolute atomic E-state index is 0.0572. The van der Waals surface area contributed by atoms with Gasteiger partial charge in [-0.25, -0.2) is 4.98 Å². The van der Waals surface area contributed by atoms with Gasteiger partial charge in [0.2, 0.25) is 0 Å². The number of hydrogen-bond acceptors (Lipinski definition) is 4. The van der Waals surface area contributed by atoms with Crippen LogP contribution in [-0.2, 0) is 6.54 Å². The van der Waals surface area contributed by atoms with Crippen molar-refractivity contribution in [3.8, 4) is 0 Å². The summed E-state index contributed by atoms with van der Waals surface area (Å²) in [7, 11) is 0. The standard InChI is InChI=1S/C23H30N4O/c28-23(22-11-10-21(18-24-22)26-12-6-1-2-7-13-26)27-16-14-25(15-17-27)19-20-8-4-3-5-9-20/h3-5,8-11,18H,1-2,6-7,12-17,19H2. The second-order valence-electron chi connectivity index (χ2n) is 7.86. The second-order valence-corrected chi connectivity index (χ2v) is 7.86. The fourth-order valence-corrected chi connectivity index (χ4v) is 4.14. The van der Waals surface area contributed by atoms with E-state index >= 15 is 0 Å². The molecule has 1 aromatic carbocycles. The smallest absolute Gasteiger partial charge is 0.272 e. The molecule has 0 atom stereocenters. The first-order chi connectivity index (χ1) is 13.8. The van der Waals surface area contributed by atoms with Gasteiger partial charge in [-0.15, -0.1) is 0 Å². The predicted octanol–water partition coefficient (Wildman–Crippen LogP) is 3.42. The molecule has 2 aliphatic rings. The Balaban J connectivity index is 1.31. The van der Waals surface area contributed by atoms with Crippen molar-refractivity contribution in [2.75, 3.05) is 44.2 Å². The van der Waals surface area contributed by atoms with Gasteiger partial charge in [-0.3, -0.25) is 9.69 Å². The van der Waals surface area contributed by atoms with Crippen molar-refractivity contribution in [3.63, 3.8) is 0 Å². The lowest BCUT2D eigenvalue weighted by Gasteiger charge is -2.34. The lowest BCUT2D eigenvalue weighted by Crippen LogP contribution is -2.48. The highest BCUT2D eigenvalue weighted by molar-refractivity contribution is 5.92. The molecule has 28 heavy (non-hydrogen) atoms. The van der Waals surface area contributed by atoms with Crippen molar-refractivity contribution < 1.29 is 4.79 Å². The van der Waals surface area contributed by atoms with Gasteiger partial charge in [0.15, 0.2) is 0 Å². The van der Waals surface area contributed by atoms with Gasteiger partial charge < -0.3 is 9.80 Å². The average Bonchev–Trinajstić information content (AvgIpc) is 3.04. The summed E-state index contributed by atoms with van der Waals surface area (Å²) in [5.41, 5.74) is 3.04. The second kappa shape index (κ2) is 9.20. The zero-order valence-electron chi connectivity index (χ0n) is 16.6. The molecule has 0 bridgehead atoms. The van der Waals surface area contributed by atoms with Gasteiger partial charge in [0.05, 0.1) is 11.9 Å². The van der Waals surface area contributed by atoms with E-state index in [0.29, 0.717) is 5.69 Å². The summed E-state index contributed by atoms with van der Waals surface area (Å²) in [4.78, 5) is 24.1. The van der Waals surface area contributed by atoms with Gasteiger partial charge in [0.1, 0.15) is 5.69 Å². The molecule has 0 spiro atoms. The molecular formula is C23H30N4O. The topological polar surface area (TPSA) is 39.7 Å². The van der Waals surface area contributed by atoms with Crippen molar-refractivity contribution in [2.45, 2.75) is 32.2 Å². The Kier molecular flexibility index (Phi) is 6.22. The molecule has 0 saturated carbocycles. The summed E-state index contributed by atoms with van der Waals surface area (Å²) in [5.74, 6) is 0.0572. The van der Waals surface area contributed by atoms with Crippen LogP contribution in [0.25, 0.3) is 0 Å². The largest absolute Gasteiger partial charge is 0.370 e. The molecule has 148 valence electrons. The molecule has 5 heteroatoms. The molecule has 2 aliphatic heterocycles. The molecular weight excluding hydrogens is 348 g/mol. The monoisotopic (exact) mass is 378 g/mol. The van der Waals surface area contributed by atoms with Crippen LogP contribution in [0, 0.1) is 0 Å². The van der Waals surface area contributed by atoms with Crippen LogP contribution >= 0.6 is 0 Å². The summed E-state index contributed by atoms with van der Waals surface area (Å²) < 4.78 is 0. The molecule has 0 aliphatic carbocycles. The maximum atomic E-state index is 12.8. The Bertz CT molecular complexity index is 746. The number of pyridine rings is 1. The van der Waals surface area contributed by atoms with E-state index in [-0.39, 0.29) is 5.91 Å². The van der Waals surface area contributed by atoms with Crippen LogP contribution in [-0.4, -0.2) is 60.0 Å². The summed E-state index contributed by atoms with van der Waals surface area (Å²) in [6, 6.07) is 14.5. The first-order valence-corrected chi connectivity index (χ1v) is 10.6. The number of rotatable bonds is 4. The highest BCUT2D eigenvalue weighted by atomic mass is 16.2. The van der Waals surface area contributed by atoms with E-state index in [4.69, 9.17) is 0 Å². The first kappa shape index (κ1) is 18.9. The van der Waals surface area contributed by atoms with Crippen LogP contribution in [0.3, 0.4) is 0 Å². The van der Waals surface area contributed by atoms with Crippen LogP contribution < -0.4 is 4.90 Å². The molecule has 3 heterocycles. The lowest BCUT2D eigenvalue weighted by molar-refractivity contribution is 0.0623. The number of hydrogen-bond donors (Lipinski definition) is 0. The SMILES string of the molecule is O=C(c1ccc(N2CCCCCC2)cn1)N1CCN(Cc2ccccc2)CC1. The van der Waals surface area contributed by atoms with E-state index in [1.165, 1.54) is 31.2 Å². The quantitative estimate of drug-likeness (QED) is 0.817. The van der Waals surface area contributed by atoms with Crippen molar-refractivity contribution >= 4 is 11.6 Å². The molecule has 2 aromatic rings. The van der Waals surface area contributed by atoms with Crippen molar-refractivity contribution in [3.05, 3.63) is 59.9 Å². The Morgan fingerprint density at radius 3 is 2.18 bits per heavy atom. The van der Waals surface area contributed by atoms with Gasteiger partial charge in [-0.2, -0.15) is 0 Å². The van der Waals surface area contributed by atoms with Gasteiger partial charge >= 0.3 is 0 Å². The Morgan fingerprint density at radius 2 is 1.54 bits per heavy atom. The zero-order chi connectivity index (χ0) is 19.2. The van der Waals surface area contributed by atoms with E-state index in [9.17, 15) is 4.79 Å². The lowest BCUT2D eigenvalue weighted by atomic mass is 10.2. The number of nitrogens with zero attached hydrogens (tertiary/aromatic N) is 4. The van der Waals surface area contributed by atoms with Gasteiger partial charge in [-0.05, 0) is 30.5 Å². The third kappa shape index (κ3) is 4.71. The minimum atomic E-state index is 0.0572. The van der Waals surface area contributed by atoms with Crippen molar-refractivity contribution in [2.24, 2.45) is 0 Å². The number of carbonyl (C=O) groups is 1. The average molecular weight is 379 g/mol. The summed E-state index contributed by atoms with van der Waals surface area (Å²) in [6.07, 6.45) is 7.00. The number of benzene rings is 1. The number of carbonyl (C=O) groups excluding carboxylic acids is 1. The fraction of sp³-hybridized carbons (Fsp3) is 0.478. The summed E-state index contributed by atoms with van der Waals surface area (Å²) in [6.45, 7) is 6.49. The Labute approximate surface area is 168 Å². The van der Waals surface area contributed by atoms with E-state index in [1.807, 2.05) is 23.2 Å². The van der Waals surface area contributed by atoms with E-state index in [1.54, 1.807) is 0 Å². The highest BCUT2D eigenvalue weighted by Gasteiger charge is 2.23. The van der Waals surface area contributed by atoms with E-state index in [0.717, 1.165) is 51.5 Å². The van der Waals surface area contributed by atoms with Crippen LogP contribution in [0.1, 0.15) is 41.7 Å². The molecule has 1 amide bonds. The number of amides is 1. The normalized spacial score (nSPS) is 18.7. The molecule has 4 rings (SSSR count). The van der Waals surface area contributed by atoms with Crippen LogP contribution in [0.4, 0.5) is 5.69 Å². The number of anilines is 1. The van der Waals surface area contributed by atoms with E-state index < -0.39 is 0 Å². The number of piperazine rings is 1. The first-order valence-electron chi connectivity index (χ1n) is 10.6. The molecule has 2 saturated heterocycles. The van der Waals surface area contributed by atoms with Crippen LogP contribution in [0.5, 0.6) is 0 Å². The molecule has 0 N–H and O–H groups in total. The van der Waals surface area contributed by atoms with Gasteiger partial charge in [0, 0.05) is 45.8 Å².